The Balaban J connectivity index is 1.92. The summed E-state index contributed by atoms with van der Waals surface area (Å²) in [6.45, 7) is 11.9. The van der Waals surface area contributed by atoms with Crippen molar-refractivity contribution in [1.29, 1.82) is 0 Å². The van der Waals surface area contributed by atoms with Gasteiger partial charge in [-0.2, -0.15) is 4.31 Å². The van der Waals surface area contributed by atoms with Gasteiger partial charge in [0.15, 0.2) is 0 Å². The third-order valence-electron chi connectivity index (χ3n) is 5.92. The Hall–Kier alpha value is -2.97. The number of anilines is 1. The zero-order valence-corrected chi connectivity index (χ0v) is 20.8. The lowest BCUT2D eigenvalue weighted by Gasteiger charge is -2.21. The van der Waals surface area contributed by atoms with Gasteiger partial charge < -0.3 is 5.32 Å². The Morgan fingerprint density at radius 2 is 1.61 bits per heavy atom. The van der Waals surface area contributed by atoms with Gasteiger partial charge in [-0.1, -0.05) is 25.5 Å². The number of hydrogen-bond donors (Lipinski definition) is 1. The molecule has 7 nitrogen and oxygen atoms in total. The predicted octanol–water partition coefficient (Wildman–Crippen LogP) is 4.16. The number of nitrogens with zero attached hydrogens (tertiary/aromatic N) is 2. The number of carbonyl (C=O) groups is 1. The lowest BCUT2D eigenvalue weighted by atomic mass is 10.0. The first-order valence-corrected chi connectivity index (χ1v) is 12.5. The van der Waals surface area contributed by atoms with E-state index in [1.54, 1.807) is 39.0 Å². The predicted molar refractivity (Wildman–Crippen MR) is 132 cm³/mol. The van der Waals surface area contributed by atoms with Gasteiger partial charge in [0, 0.05) is 30.2 Å². The summed E-state index contributed by atoms with van der Waals surface area (Å²) in [5.41, 5.74) is 3.85. The minimum atomic E-state index is -3.57. The van der Waals surface area contributed by atoms with Crippen molar-refractivity contribution in [3.8, 4) is 0 Å². The van der Waals surface area contributed by atoms with E-state index in [4.69, 9.17) is 0 Å². The number of sulfonamides is 1. The zero-order chi connectivity index (χ0) is 24.5. The van der Waals surface area contributed by atoms with Crippen LogP contribution < -0.4 is 10.9 Å². The standard InChI is InChI=1S/C25H31N3O4S/c1-7-27(8-2)33(31,32)21-11-9-20(10-12-21)26-25(30)19(6)28-23(29)15-17(4)22-14-16(3)13-18(5)24(22)28/h9-15,19H,7-8H2,1-6H3,(H,26,30). The van der Waals surface area contributed by atoms with Crippen LogP contribution in [-0.4, -0.2) is 36.3 Å². The van der Waals surface area contributed by atoms with Crippen LogP contribution in [0.2, 0.25) is 0 Å². The first-order chi connectivity index (χ1) is 15.5. The first-order valence-electron chi connectivity index (χ1n) is 11.0. The van der Waals surface area contributed by atoms with Crippen LogP contribution in [0, 0.1) is 20.8 Å². The third kappa shape index (κ3) is 4.72. The molecule has 1 aromatic heterocycles. The molecule has 33 heavy (non-hydrogen) atoms. The Kier molecular flexibility index (Phi) is 7.09. The zero-order valence-electron chi connectivity index (χ0n) is 20.0. The van der Waals surface area contributed by atoms with Gasteiger partial charge in [0.2, 0.25) is 15.9 Å². The summed E-state index contributed by atoms with van der Waals surface area (Å²) in [5.74, 6) is -0.360. The first kappa shape index (κ1) is 24.7. The second-order valence-corrected chi connectivity index (χ2v) is 10.2. The highest BCUT2D eigenvalue weighted by molar-refractivity contribution is 7.89. The highest BCUT2D eigenvalue weighted by Gasteiger charge is 2.23. The van der Waals surface area contributed by atoms with Crippen molar-refractivity contribution in [2.45, 2.75) is 52.5 Å². The molecule has 3 rings (SSSR count). The number of fused-ring (bicyclic) bond motifs is 1. The van der Waals surface area contributed by atoms with Crippen molar-refractivity contribution in [2.24, 2.45) is 0 Å². The molecule has 1 amide bonds. The van der Waals surface area contributed by atoms with Crippen LogP contribution in [0.25, 0.3) is 10.9 Å². The molecule has 0 spiro atoms. The van der Waals surface area contributed by atoms with E-state index in [2.05, 4.69) is 5.32 Å². The van der Waals surface area contributed by atoms with Gasteiger partial charge >= 0.3 is 0 Å². The van der Waals surface area contributed by atoms with Crippen molar-refractivity contribution in [1.82, 2.24) is 8.87 Å². The summed E-state index contributed by atoms with van der Waals surface area (Å²) in [6.07, 6.45) is 0. The van der Waals surface area contributed by atoms with Crippen molar-refractivity contribution < 1.29 is 13.2 Å². The Labute approximate surface area is 195 Å². The fraction of sp³-hybridized carbons (Fsp3) is 0.360. The second-order valence-electron chi connectivity index (χ2n) is 8.29. The molecule has 1 N–H and O–H groups in total. The molecular weight excluding hydrogens is 438 g/mol. The average Bonchev–Trinajstić information content (AvgIpc) is 2.75. The molecule has 0 fully saturated rings. The van der Waals surface area contributed by atoms with E-state index in [0.717, 1.165) is 27.6 Å². The van der Waals surface area contributed by atoms with Crippen molar-refractivity contribution in [3.63, 3.8) is 0 Å². The van der Waals surface area contributed by atoms with E-state index < -0.39 is 16.1 Å². The van der Waals surface area contributed by atoms with E-state index in [1.807, 2.05) is 32.9 Å². The van der Waals surface area contributed by atoms with Crippen LogP contribution in [0.5, 0.6) is 0 Å². The molecule has 176 valence electrons. The number of amides is 1. The SMILES string of the molecule is CCN(CC)S(=O)(=O)c1ccc(NC(=O)C(C)n2c(=O)cc(C)c3cc(C)cc(C)c32)cc1. The van der Waals surface area contributed by atoms with Gasteiger partial charge in [0.1, 0.15) is 6.04 Å². The lowest BCUT2D eigenvalue weighted by Crippen LogP contribution is -2.32. The van der Waals surface area contributed by atoms with Gasteiger partial charge in [-0.15, -0.1) is 0 Å². The summed E-state index contributed by atoms with van der Waals surface area (Å²) >= 11 is 0. The summed E-state index contributed by atoms with van der Waals surface area (Å²) < 4.78 is 28.2. The van der Waals surface area contributed by atoms with Crippen LogP contribution in [0.4, 0.5) is 5.69 Å². The van der Waals surface area contributed by atoms with Gasteiger partial charge in [0.25, 0.3) is 5.56 Å². The smallest absolute Gasteiger partial charge is 0.252 e. The summed E-state index contributed by atoms with van der Waals surface area (Å²) in [4.78, 5) is 26.1. The van der Waals surface area contributed by atoms with E-state index in [-0.39, 0.29) is 16.4 Å². The monoisotopic (exact) mass is 469 g/mol. The molecule has 0 aliphatic heterocycles. The van der Waals surface area contributed by atoms with Crippen molar-refractivity contribution >= 4 is 32.5 Å². The number of hydrogen-bond acceptors (Lipinski definition) is 4. The van der Waals surface area contributed by atoms with Crippen LogP contribution >= 0.6 is 0 Å². The lowest BCUT2D eigenvalue weighted by molar-refractivity contribution is -0.118. The minimum absolute atomic E-state index is 0.170. The number of pyridine rings is 1. The fourth-order valence-electron chi connectivity index (χ4n) is 4.19. The van der Waals surface area contributed by atoms with Gasteiger partial charge in [0.05, 0.1) is 10.4 Å². The molecule has 2 aromatic carbocycles. The molecule has 1 heterocycles. The minimum Gasteiger partial charge on any atom is -0.324 e. The molecule has 0 saturated heterocycles. The molecule has 1 unspecified atom stereocenters. The molecule has 1 atom stereocenters. The highest BCUT2D eigenvalue weighted by Crippen LogP contribution is 2.25. The Morgan fingerprint density at radius 1 is 1.00 bits per heavy atom. The molecule has 0 saturated carbocycles. The number of rotatable bonds is 7. The topological polar surface area (TPSA) is 88.5 Å². The van der Waals surface area contributed by atoms with Crippen molar-refractivity contribution in [2.75, 3.05) is 18.4 Å². The fourth-order valence-corrected chi connectivity index (χ4v) is 5.65. The number of benzene rings is 2. The maximum absolute atomic E-state index is 13.1. The number of carbonyl (C=O) groups excluding carboxylic acids is 1. The maximum Gasteiger partial charge on any atom is 0.252 e. The quantitative estimate of drug-likeness (QED) is 0.563. The van der Waals surface area contributed by atoms with Crippen LogP contribution in [0.15, 0.2) is 52.2 Å². The molecule has 3 aromatic rings. The van der Waals surface area contributed by atoms with Crippen LogP contribution in [0.3, 0.4) is 0 Å². The largest absolute Gasteiger partial charge is 0.324 e. The summed E-state index contributed by atoms with van der Waals surface area (Å²) in [7, 11) is -3.57. The number of aromatic nitrogens is 1. The molecular formula is C25H31N3O4S. The van der Waals surface area contributed by atoms with Crippen LogP contribution in [-0.2, 0) is 14.8 Å². The highest BCUT2D eigenvalue weighted by atomic mass is 32.2. The Morgan fingerprint density at radius 3 is 2.18 bits per heavy atom. The van der Waals surface area contributed by atoms with E-state index in [9.17, 15) is 18.0 Å². The van der Waals surface area contributed by atoms with Gasteiger partial charge in [-0.3, -0.25) is 14.2 Å². The van der Waals surface area contributed by atoms with Crippen molar-refractivity contribution in [3.05, 3.63) is 69.5 Å². The van der Waals surface area contributed by atoms with E-state index >= 15 is 0 Å². The summed E-state index contributed by atoms with van der Waals surface area (Å²) in [6, 6.07) is 10.9. The average molecular weight is 470 g/mol. The molecule has 0 aliphatic rings. The molecule has 8 heteroatoms. The van der Waals surface area contributed by atoms with E-state index in [0.29, 0.717) is 18.8 Å². The van der Waals surface area contributed by atoms with Gasteiger partial charge in [-0.05, 0) is 69.2 Å². The molecule has 0 aliphatic carbocycles. The number of aryl methyl sites for hydroxylation is 3. The van der Waals surface area contributed by atoms with Gasteiger partial charge in [-0.25, -0.2) is 8.42 Å². The molecule has 0 bridgehead atoms. The molecule has 0 radical (unpaired) electrons. The maximum atomic E-state index is 13.1. The second kappa shape index (κ2) is 9.49. The summed E-state index contributed by atoms with van der Waals surface area (Å²) in [5, 5.41) is 3.75. The van der Waals surface area contributed by atoms with Crippen LogP contribution in [0.1, 0.15) is 43.5 Å². The normalized spacial score (nSPS) is 12.8. The Bertz CT molecular complexity index is 1360. The third-order valence-corrected chi connectivity index (χ3v) is 7.98. The number of nitrogens with one attached hydrogen (secondary N) is 1. The van der Waals surface area contributed by atoms with E-state index in [1.165, 1.54) is 21.0 Å².